The maximum Gasteiger partial charge on any atom is 0.223 e. The van der Waals surface area contributed by atoms with Crippen LogP contribution in [0.15, 0.2) is 24.3 Å². The molecule has 1 aromatic carbocycles. The molecule has 1 aromatic rings. The fraction of sp³-hybridized carbons (Fsp3) is 0.588. The van der Waals surface area contributed by atoms with Crippen LogP contribution in [-0.4, -0.2) is 31.0 Å². The first kappa shape index (κ1) is 15.8. The third-order valence-electron chi connectivity index (χ3n) is 4.31. The number of ether oxygens (including phenoxy) is 1. The van der Waals surface area contributed by atoms with E-state index in [2.05, 4.69) is 13.0 Å². The lowest BCUT2D eigenvalue weighted by atomic mass is 10.0. The monoisotopic (exact) mass is 290 g/mol. The number of methoxy groups -OCH3 is 1. The highest BCUT2D eigenvalue weighted by Gasteiger charge is 2.29. The topological polar surface area (TPSA) is 55.6 Å². The highest BCUT2D eigenvalue weighted by Crippen LogP contribution is 2.34. The van der Waals surface area contributed by atoms with Crippen molar-refractivity contribution in [1.82, 2.24) is 4.90 Å². The van der Waals surface area contributed by atoms with E-state index in [1.54, 1.807) is 7.11 Å². The summed E-state index contributed by atoms with van der Waals surface area (Å²) in [6.45, 7) is 3.60. The van der Waals surface area contributed by atoms with Crippen LogP contribution in [-0.2, 0) is 4.79 Å². The van der Waals surface area contributed by atoms with Crippen molar-refractivity contribution in [1.29, 1.82) is 0 Å². The number of amides is 1. The Morgan fingerprint density at radius 1 is 1.52 bits per heavy atom. The third-order valence-corrected chi connectivity index (χ3v) is 4.31. The van der Waals surface area contributed by atoms with Crippen molar-refractivity contribution in [3.05, 3.63) is 29.8 Å². The fourth-order valence-electron chi connectivity index (χ4n) is 2.89. The summed E-state index contributed by atoms with van der Waals surface area (Å²) < 4.78 is 5.29. The second-order valence-electron chi connectivity index (χ2n) is 5.90. The molecular formula is C17H26N2O2. The molecule has 1 heterocycles. The molecule has 4 nitrogen and oxygen atoms in total. The van der Waals surface area contributed by atoms with E-state index in [4.69, 9.17) is 10.5 Å². The minimum absolute atomic E-state index is 0.195. The van der Waals surface area contributed by atoms with Crippen LogP contribution in [0.25, 0.3) is 0 Å². The SMILES string of the molecule is COc1cccc(C2CCCN2C(=O)CCC(C)CN)c1. The van der Waals surface area contributed by atoms with Gasteiger partial charge < -0.3 is 15.4 Å². The van der Waals surface area contributed by atoms with E-state index < -0.39 is 0 Å². The summed E-state index contributed by atoms with van der Waals surface area (Å²) in [6, 6.07) is 8.25. The summed E-state index contributed by atoms with van der Waals surface area (Å²) in [7, 11) is 1.67. The van der Waals surface area contributed by atoms with Crippen molar-refractivity contribution in [2.45, 2.75) is 38.6 Å². The van der Waals surface area contributed by atoms with Gasteiger partial charge in [0.15, 0.2) is 0 Å². The maximum absolute atomic E-state index is 12.5. The summed E-state index contributed by atoms with van der Waals surface area (Å²) in [6.07, 6.45) is 3.57. The van der Waals surface area contributed by atoms with Gasteiger partial charge in [0.2, 0.25) is 5.91 Å². The second kappa shape index (κ2) is 7.46. The van der Waals surface area contributed by atoms with Gasteiger partial charge in [-0.05, 0) is 49.4 Å². The van der Waals surface area contributed by atoms with E-state index in [0.717, 1.165) is 31.6 Å². The van der Waals surface area contributed by atoms with Gasteiger partial charge in [-0.3, -0.25) is 4.79 Å². The molecule has 0 bridgehead atoms. The van der Waals surface area contributed by atoms with Crippen molar-refractivity contribution in [3.8, 4) is 5.75 Å². The van der Waals surface area contributed by atoms with Crippen LogP contribution < -0.4 is 10.5 Å². The highest BCUT2D eigenvalue weighted by atomic mass is 16.5. The summed E-state index contributed by atoms with van der Waals surface area (Å²) in [5.74, 6) is 1.51. The van der Waals surface area contributed by atoms with Crippen LogP contribution in [0.4, 0.5) is 0 Å². The molecule has 0 aromatic heterocycles. The minimum Gasteiger partial charge on any atom is -0.497 e. The third kappa shape index (κ3) is 3.97. The Bertz CT molecular complexity index is 476. The fourth-order valence-corrected chi connectivity index (χ4v) is 2.89. The summed E-state index contributed by atoms with van der Waals surface area (Å²) in [5, 5.41) is 0. The molecule has 0 radical (unpaired) electrons. The number of hydrogen-bond acceptors (Lipinski definition) is 3. The van der Waals surface area contributed by atoms with Crippen LogP contribution in [0.1, 0.15) is 44.2 Å². The predicted molar refractivity (Wildman–Crippen MR) is 84.1 cm³/mol. The Hall–Kier alpha value is -1.55. The summed E-state index contributed by atoms with van der Waals surface area (Å²) >= 11 is 0. The molecule has 21 heavy (non-hydrogen) atoms. The molecule has 1 amide bonds. The standard InChI is InChI=1S/C17H26N2O2/c1-13(12-18)8-9-17(20)19-10-4-7-16(19)14-5-3-6-15(11-14)21-2/h3,5-6,11,13,16H,4,7-10,12,18H2,1-2H3. The average Bonchev–Trinajstić information content (AvgIpc) is 3.01. The van der Waals surface area contributed by atoms with E-state index in [1.165, 1.54) is 5.56 Å². The van der Waals surface area contributed by atoms with Gasteiger partial charge in [-0.1, -0.05) is 19.1 Å². The van der Waals surface area contributed by atoms with Crippen molar-refractivity contribution in [2.75, 3.05) is 20.2 Å². The Labute approximate surface area is 127 Å². The lowest BCUT2D eigenvalue weighted by molar-refractivity contribution is -0.132. The molecule has 1 fully saturated rings. The first-order valence-corrected chi connectivity index (χ1v) is 7.79. The van der Waals surface area contributed by atoms with Gasteiger partial charge in [0, 0.05) is 13.0 Å². The van der Waals surface area contributed by atoms with Crippen molar-refractivity contribution < 1.29 is 9.53 Å². The van der Waals surface area contributed by atoms with Gasteiger partial charge in [-0.2, -0.15) is 0 Å². The van der Waals surface area contributed by atoms with Crippen LogP contribution in [0.2, 0.25) is 0 Å². The molecule has 2 N–H and O–H groups in total. The second-order valence-corrected chi connectivity index (χ2v) is 5.90. The lowest BCUT2D eigenvalue weighted by Gasteiger charge is -2.26. The van der Waals surface area contributed by atoms with Gasteiger partial charge in [-0.25, -0.2) is 0 Å². The maximum atomic E-state index is 12.5. The highest BCUT2D eigenvalue weighted by molar-refractivity contribution is 5.77. The number of carbonyl (C=O) groups excluding carboxylic acids is 1. The number of carbonyl (C=O) groups is 1. The molecule has 2 unspecified atom stereocenters. The van der Waals surface area contributed by atoms with Crippen LogP contribution >= 0.6 is 0 Å². The molecule has 0 saturated carbocycles. The van der Waals surface area contributed by atoms with Gasteiger partial charge >= 0.3 is 0 Å². The van der Waals surface area contributed by atoms with Crippen molar-refractivity contribution in [2.24, 2.45) is 11.7 Å². The van der Waals surface area contributed by atoms with E-state index in [1.807, 2.05) is 23.1 Å². The molecule has 4 heteroatoms. The van der Waals surface area contributed by atoms with Crippen LogP contribution in [0.3, 0.4) is 0 Å². The zero-order valence-electron chi connectivity index (χ0n) is 13.0. The van der Waals surface area contributed by atoms with Gasteiger partial charge in [0.25, 0.3) is 0 Å². The Morgan fingerprint density at radius 2 is 2.33 bits per heavy atom. The molecule has 1 saturated heterocycles. The summed E-state index contributed by atoms with van der Waals surface area (Å²) in [4.78, 5) is 14.5. The largest absolute Gasteiger partial charge is 0.497 e. The van der Waals surface area contributed by atoms with Gasteiger partial charge in [0.05, 0.1) is 13.2 Å². The summed E-state index contributed by atoms with van der Waals surface area (Å²) in [5.41, 5.74) is 6.80. The first-order valence-electron chi connectivity index (χ1n) is 7.79. The number of nitrogens with two attached hydrogens (primary N) is 1. The number of nitrogens with zero attached hydrogens (tertiary/aromatic N) is 1. The molecule has 1 aliphatic rings. The van der Waals surface area contributed by atoms with Crippen LogP contribution in [0, 0.1) is 5.92 Å². The Morgan fingerprint density at radius 3 is 3.05 bits per heavy atom. The van der Waals surface area contributed by atoms with E-state index in [-0.39, 0.29) is 11.9 Å². The average molecular weight is 290 g/mol. The van der Waals surface area contributed by atoms with E-state index in [0.29, 0.717) is 18.9 Å². The zero-order chi connectivity index (χ0) is 15.2. The molecule has 1 aliphatic heterocycles. The van der Waals surface area contributed by atoms with Gasteiger partial charge in [-0.15, -0.1) is 0 Å². The lowest BCUT2D eigenvalue weighted by Crippen LogP contribution is -2.31. The minimum atomic E-state index is 0.195. The molecule has 0 spiro atoms. The number of hydrogen-bond donors (Lipinski definition) is 1. The van der Waals surface area contributed by atoms with Gasteiger partial charge in [0.1, 0.15) is 5.75 Å². The Kier molecular flexibility index (Phi) is 5.62. The molecular weight excluding hydrogens is 264 g/mol. The molecule has 2 atom stereocenters. The first-order chi connectivity index (χ1) is 10.2. The van der Waals surface area contributed by atoms with Crippen LogP contribution in [0.5, 0.6) is 5.75 Å². The quantitative estimate of drug-likeness (QED) is 0.876. The number of benzene rings is 1. The van der Waals surface area contributed by atoms with E-state index in [9.17, 15) is 4.79 Å². The molecule has 0 aliphatic carbocycles. The van der Waals surface area contributed by atoms with Crippen molar-refractivity contribution >= 4 is 5.91 Å². The number of likely N-dealkylation sites (tertiary alicyclic amines) is 1. The molecule has 116 valence electrons. The zero-order valence-corrected chi connectivity index (χ0v) is 13.0. The van der Waals surface area contributed by atoms with E-state index >= 15 is 0 Å². The predicted octanol–water partition coefficient (Wildman–Crippen LogP) is 2.73. The smallest absolute Gasteiger partial charge is 0.223 e. The molecule has 2 rings (SSSR count). The normalized spacial score (nSPS) is 19.6. The number of rotatable bonds is 6. The Balaban J connectivity index is 2.03. The van der Waals surface area contributed by atoms with Crippen molar-refractivity contribution in [3.63, 3.8) is 0 Å².